The second-order valence-electron chi connectivity index (χ2n) is 3.89. The molecule has 0 bridgehead atoms. The van der Waals surface area contributed by atoms with Crippen molar-refractivity contribution in [2.24, 2.45) is 0 Å². The molecule has 18 heavy (non-hydrogen) atoms. The van der Waals surface area contributed by atoms with E-state index >= 15 is 0 Å². The fourth-order valence-electron chi connectivity index (χ4n) is 1.89. The predicted molar refractivity (Wildman–Crippen MR) is 74.9 cm³/mol. The molecule has 0 fully saturated rings. The topological polar surface area (TPSA) is 34.4 Å². The quantitative estimate of drug-likeness (QED) is 0.913. The average Bonchev–Trinajstić information content (AvgIpc) is 2.91. The molecule has 0 saturated heterocycles. The zero-order valence-electron chi connectivity index (χ0n) is 10.4. The van der Waals surface area contributed by atoms with Crippen LogP contribution in [0.2, 0.25) is 0 Å². The highest BCUT2D eigenvalue weighted by Crippen LogP contribution is 2.31. The number of methoxy groups -OCH3 is 1. The Balaban J connectivity index is 2.42. The van der Waals surface area contributed by atoms with Crippen molar-refractivity contribution in [3.05, 3.63) is 52.4 Å². The summed E-state index contributed by atoms with van der Waals surface area (Å²) in [6, 6.07) is 9.82. The van der Waals surface area contributed by atoms with Crippen LogP contribution in [0.1, 0.15) is 24.3 Å². The van der Waals surface area contributed by atoms with E-state index in [0.717, 1.165) is 28.1 Å². The van der Waals surface area contributed by atoms with Gasteiger partial charge < -0.3 is 14.5 Å². The summed E-state index contributed by atoms with van der Waals surface area (Å²) < 4.78 is 11.8. The first-order chi connectivity index (χ1) is 8.76. The number of benzene rings is 1. The third-order valence-corrected chi connectivity index (χ3v) is 3.47. The minimum Gasteiger partial charge on any atom is -0.497 e. The average molecular weight is 310 g/mol. The van der Waals surface area contributed by atoms with Gasteiger partial charge in [-0.15, -0.1) is 0 Å². The third-order valence-electron chi connectivity index (χ3n) is 2.75. The molecule has 1 aromatic carbocycles. The van der Waals surface area contributed by atoms with Crippen LogP contribution in [0.4, 0.5) is 0 Å². The molecular formula is C14H16BrNO2. The van der Waals surface area contributed by atoms with Gasteiger partial charge in [0.15, 0.2) is 0 Å². The molecule has 96 valence electrons. The largest absolute Gasteiger partial charge is 0.497 e. The summed E-state index contributed by atoms with van der Waals surface area (Å²) in [6.07, 6.45) is 1.69. The highest BCUT2D eigenvalue weighted by Gasteiger charge is 2.18. The van der Waals surface area contributed by atoms with Crippen molar-refractivity contribution in [3.63, 3.8) is 0 Å². The van der Waals surface area contributed by atoms with E-state index in [0.29, 0.717) is 0 Å². The molecule has 1 aromatic heterocycles. The van der Waals surface area contributed by atoms with Crippen molar-refractivity contribution in [1.82, 2.24) is 5.32 Å². The fraction of sp³-hybridized carbons (Fsp3) is 0.286. The summed E-state index contributed by atoms with van der Waals surface area (Å²) in [5, 5.41) is 3.41. The van der Waals surface area contributed by atoms with Gasteiger partial charge in [0.25, 0.3) is 0 Å². The summed E-state index contributed by atoms with van der Waals surface area (Å²) in [5.74, 6) is 1.73. The van der Waals surface area contributed by atoms with Crippen LogP contribution < -0.4 is 10.1 Å². The molecule has 1 atom stereocenters. The molecule has 0 aliphatic carbocycles. The van der Waals surface area contributed by atoms with Gasteiger partial charge in [-0.05, 0) is 42.4 Å². The molecule has 0 spiro atoms. The van der Waals surface area contributed by atoms with E-state index in [4.69, 9.17) is 9.15 Å². The van der Waals surface area contributed by atoms with Gasteiger partial charge in [-0.25, -0.2) is 0 Å². The Morgan fingerprint density at radius 1 is 1.39 bits per heavy atom. The second kappa shape index (κ2) is 6.07. The smallest absolute Gasteiger partial charge is 0.125 e. The lowest BCUT2D eigenvalue weighted by Crippen LogP contribution is -2.21. The summed E-state index contributed by atoms with van der Waals surface area (Å²) in [4.78, 5) is 0. The summed E-state index contributed by atoms with van der Waals surface area (Å²) >= 11 is 3.58. The predicted octanol–water partition coefficient (Wildman–Crippen LogP) is 3.75. The van der Waals surface area contributed by atoms with Crippen molar-refractivity contribution in [1.29, 1.82) is 0 Å². The highest BCUT2D eigenvalue weighted by atomic mass is 79.9. The Bertz CT molecular complexity index is 497. The van der Waals surface area contributed by atoms with Crippen LogP contribution in [0.5, 0.6) is 5.75 Å². The molecule has 1 heterocycles. The number of ether oxygens (including phenoxy) is 1. The van der Waals surface area contributed by atoms with Gasteiger partial charge in [-0.2, -0.15) is 0 Å². The minimum absolute atomic E-state index is 0.0227. The summed E-state index contributed by atoms with van der Waals surface area (Å²) in [6.45, 7) is 2.93. The normalized spacial score (nSPS) is 12.4. The molecular weight excluding hydrogens is 294 g/mol. The SMILES string of the molecule is CCNC(c1ccco1)c1cc(OC)ccc1Br. The Kier molecular flexibility index (Phi) is 4.44. The zero-order valence-corrected chi connectivity index (χ0v) is 12.0. The molecule has 0 saturated carbocycles. The Hall–Kier alpha value is -1.26. The van der Waals surface area contributed by atoms with Gasteiger partial charge in [0.05, 0.1) is 19.4 Å². The van der Waals surface area contributed by atoms with Gasteiger partial charge in [0, 0.05) is 4.47 Å². The zero-order chi connectivity index (χ0) is 13.0. The van der Waals surface area contributed by atoms with E-state index in [1.54, 1.807) is 13.4 Å². The Morgan fingerprint density at radius 2 is 2.22 bits per heavy atom. The van der Waals surface area contributed by atoms with Gasteiger partial charge in [-0.3, -0.25) is 0 Å². The van der Waals surface area contributed by atoms with E-state index < -0.39 is 0 Å². The van der Waals surface area contributed by atoms with Crippen LogP contribution in [0.3, 0.4) is 0 Å². The van der Waals surface area contributed by atoms with E-state index in [-0.39, 0.29) is 6.04 Å². The minimum atomic E-state index is 0.0227. The number of nitrogens with one attached hydrogen (secondary N) is 1. The second-order valence-corrected chi connectivity index (χ2v) is 4.75. The lowest BCUT2D eigenvalue weighted by Gasteiger charge is -2.18. The van der Waals surface area contributed by atoms with Gasteiger partial charge in [0.2, 0.25) is 0 Å². The molecule has 2 aromatic rings. The van der Waals surface area contributed by atoms with Crippen LogP contribution in [-0.4, -0.2) is 13.7 Å². The van der Waals surface area contributed by atoms with Crippen molar-refractivity contribution >= 4 is 15.9 Å². The van der Waals surface area contributed by atoms with Crippen LogP contribution in [0.25, 0.3) is 0 Å². The molecule has 0 amide bonds. The fourth-order valence-corrected chi connectivity index (χ4v) is 2.37. The first-order valence-corrected chi connectivity index (χ1v) is 6.65. The summed E-state index contributed by atoms with van der Waals surface area (Å²) in [7, 11) is 1.67. The van der Waals surface area contributed by atoms with E-state index in [1.807, 2.05) is 30.3 Å². The lowest BCUT2D eigenvalue weighted by molar-refractivity contribution is 0.411. The number of rotatable bonds is 5. The first kappa shape index (κ1) is 13.2. The van der Waals surface area contributed by atoms with Crippen LogP contribution >= 0.6 is 15.9 Å². The van der Waals surface area contributed by atoms with Gasteiger partial charge >= 0.3 is 0 Å². The third kappa shape index (κ3) is 2.76. The number of hydrogen-bond donors (Lipinski definition) is 1. The molecule has 2 rings (SSSR count). The van der Waals surface area contributed by atoms with E-state index in [2.05, 4.69) is 28.2 Å². The Labute approximate surface area is 115 Å². The van der Waals surface area contributed by atoms with Crippen molar-refractivity contribution in [2.45, 2.75) is 13.0 Å². The van der Waals surface area contributed by atoms with Crippen molar-refractivity contribution in [2.75, 3.05) is 13.7 Å². The van der Waals surface area contributed by atoms with Gasteiger partial charge in [0.1, 0.15) is 11.5 Å². The van der Waals surface area contributed by atoms with Crippen LogP contribution in [-0.2, 0) is 0 Å². The maximum atomic E-state index is 5.51. The van der Waals surface area contributed by atoms with Crippen molar-refractivity contribution < 1.29 is 9.15 Å². The van der Waals surface area contributed by atoms with E-state index in [1.165, 1.54) is 0 Å². The number of furan rings is 1. The Morgan fingerprint density at radius 3 is 2.83 bits per heavy atom. The first-order valence-electron chi connectivity index (χ1n) is 5.86. The van der Waals surface area contributed by atoms with Crippen LogP contribution in [0, 0.1) is 0 Å². The number of halogens is 1. The highest BCUT2D eigenvalue weighted by molar-refractivity contribution is 9.10. The molecule has 4 heteroatoms. The molecule has 0 aliphatic rings. The van der Waals surface area contributed by atoms with Crippen LogP contribution in [0.15, 0.2) is 45.5 Å². The molecule has 3 nitrogen and oxygen atoms in total. The number of hydrogen-bond acceptors (Lipinski definition) is 3. The molecule has 0 radical (unpaired) electrons. The molecule has 1 N–H and O–H groups in total. The summed E-state index contributed by atoms with van der Waals surface area (Å²) in [5.41, 5.74) is 1.10. The van der Waals surface area contributed by atoms with Crippen molar-refractivity contribution in [3.8, 4) is 5.75 Å². The van der Waals surface area contributed by atoms with E-state index in [9.17, 15) is 0 Å². The lowest BCUT2D eigenvalue weighted by atomic mass is 10.0. The monoisotopic (exact) mass is 309 g/mol. The van der Waals surface area contributed by atoms with Gasteiger partial charge in [-0.1, -0.05) is 22.9 Å². The standard InChI is InChI=1S/C14H16BrNO2/c1-3-16-14(13-5-4-8-18-13)11-9-10(17-2)6-7-12(11)15/h4-9,14,16H,3H2,1-2H3. The molecule has 1 unspecified atom stereocenters. The maximum Gasteiger partial charge on any atom is 0.125 e. The molecule has 0 aliphatic heterocycles. The maximum absolute atomic E-state index is 5.51.